The van der Waals surface area contributed by atoms with Crippen LogP contribution in [0.15, 0.2) is 121 Å². The van der Waals surface area contributed by atoms with Crippen LogP contribution in [0.4, 0.5) is 0 Å². The molecule has 2 aromatic heterocycles. The van der Waals surface area contributed by atoms with Crippen molar-refractivity contribution < 1.29 is 4.74 Å². The second-order valence-corrected chi connectivity index (χ2v) is 10.2. The highest BCUT2D eigenvalue weighted by molar-refractivity contribution is 6.14. The Kier molecular flexibility index (Phi) is 4.80. The lowest BCUT2D eigenvalue weighted by Gasteiger charge is -2.17. The van der Waals surface area contributed by atoms with Gasteiger partial charge in [-0.25, -0.2) is 0 Å². The third kappa shape index (κ3) is 3.30. The van der Waals surface area contributed by atoms with Gasteiger partial charge in [-0.15, -0.1) is 0 Å². The molecular formula is C36H26N2O. The average molecular weight is 503 g/mol. The summed E-state index contributed by atoms with van der Waals surface area (Å²) in [5.41, 5.74) is 10.6. The van der Waals surface area contributed by atoms with E-state index in [0.717, 1.165) is 22.7 Å². The van der Waals surface area contributed by atoms with Crippen LogP contribution in [0.2, 0.25) is 0 Å². The van der Waals surface area contributed by atoms with Crippen molar-refractivity contribution in [2.75, 3.05) is 0 Å². The van der Waals surface area contributed by atoms with Crippen LogP contribution < -0.4 is 4.74 Å². The second-order valence-electron chi connectivity index (χ2n) is 10.2. The van der Waals surface area contributed by atoms with E-state index >= 15 is 0 Å². The molecule has 1 aliphatic rings. The first kappa shape index (κ1) is 22.0. The molecule has 0 aliphatic carbocycles. The summed E-state index contributed by atoms with van der Waals surface area (Å²) in [6.45, 7) is 2.69. The van der Waals surface area contributed by atoms with Crippen molar-refractivity contribution in [3.8, 4) is 17.1 Å². The van der Waals surface area contributed by atoms with Gasteiger partial charge in [0.1, 0.15) is 12.4 Å². The summed E-state index contributed by atoms with van der Waals surface area (Å²) < 4.78 is 11.3. The van der Waals surface area contributed by atoms with Crippen molar-refractivity contribution in [2.45, 2.75) is 13.5 Å². The lowest BCUT2D eigenvalue weighted by atomic mass is 10.0. The fourth-order valence-corrected chi connectivity index (χ4v) is 6.20. The van der Waals surface area contributed by atoms with Crippen molar-refractivity contribution in [2.24, 2.45) is 0 Å². The zero-order valence-corrected chi connectivity index (χ0v) is 21.6. The number of nitrogens with zero attached hydrogens (tertiary/aromatic N) is 2. The molecule has 0 bridgehead atoms. The number of rotatable bonds is 2. The van der Waals surface area contributed by atoms with Gasteiger partial charge in [0.2, 0.25) is 0 Å². The molecule has 5 aromatic carbocycles. The van der Waals surface area contributed by atoms with Gasteiger partial charge < -0.3 is 13.9 Å². The number of allylic oxidation sites excluding steroid dienone is 1. The van der Waals surface area contributed by atoms with Crippen molar-refractivity contribution in [3.63, 3.8) is 0 Å². The lowest BCUT2D eigenvalue weighted by molar-refractivity contribution is 0.306. The molecule has 3 heterocycles. The summed E-state index contributed by atoms with van der Waals surface area (Å²) >= 11 is 0. The Balaban J connectivity index is 1.53. The number of hydrogen-bond donors (Lipinski definition) is 0. The summed E-state index contributed by atoms with van der Waals surface area (Å²) in [5.74, 6) is 0.930. The van der Waals surface area contributed by atoms with Gasteiger partial charge in [0.05, 0.1) is 22.2 Å². The molecule has 0 saturated heterocycles. The van der Waals surface area contributed by atoms with Crippen molar-refractivity contribution in [1.29, 1.82) is 0 Å². The van der Waals surface area contributed by atoms with Gasteiger partial charge >= 0.3 is 0 Å². The second kappa shape index (κ2) is 8.50. The molecule has 0 N–H and O–H groups in total. The van der Waals surface area contributed by atoms with E-state index in [1.54, 1.807) is 0 Å². The quantitative estimate of drug-likeness (QED) is 0.231. The summed E-state index contributed by atoms with van der Waals surface area (Å²) in [5, 5.41) is 3.72. The number of hydrogen-bond acceptors (Lipinski definition) is 1. The Hall–Kier alpha value is -5.02. The third-order valence-electron chi connectivity index (χ3n) is 7.97. The highest BCUT2D eigenvalue weighted by Gasteiger charge is 2.23. The van der Waals surface area contributed by atoms with Gasteiger partial charge in [-0.1, -0.05) is 72.8 Å². The molecule has 0 unspecified atom stereocenters. The molecule has 0 saturated carbocycles. The average Bonchev–Trinajstić information content (AvgIpc) is 3.46. The number of fused-ring (bicyclic) bond motifs is 7. The summed E-state index contributed by atoms with van der Waals surface area (Å²) in [6.07, 6.45) is 2.33. The topological polar surface area (TPSA) is 19.1 Å². The minimum atomic E-state index is 0.509. The molecular weight excluding hydrogens is 476 g/mol. The first-order valence-corrected chi connectivity index (χ1v) is 13.4. The van der Waals surface area contributed by atoms with Gasteiger partial charge in [-0.05, 0) is 67.1 Å². The highest BCUT2D eigenvalue weighted by Crippen LogP contribution is 2.41. The van der Waals surface area contributed by atoms with E-state index in [0.29, 0.717) is 6.61 Å². The Morgan fingerprint density at radius 1 is 0.564 bits per heavy atom. The normalized spacial score (nSPS) is 14.3. The maximum absolute atomic E-state index is 6.50. The smallest absolute Gasteiger partial charge is 0.127 e. The van der Waals surface area contributed by atoms with Gasteiger partial charge in [-0.3, -0.25) is 0 Å². The largest absolute Gasteiger partial charge is 0.488 e. The van der Waals surface area contributed by atoms with Crippen LogP contribution in [0.25, 0.3) is 55.7 Å². The lowest BCUT2D eigenvalue weighted by Crippen LogP contribution is -2.04. The summed E-state index contributed by atoms with van der Waals surface area (Å²) in [4.78, 5) is 0. The Labute approximate surface area is 226 Å². The van der Waals surface area contributed by atoms with Crippen molar-refractivity contribution in [1.82, 2.24) is 9.13 Å². The molecule has 8 rings (SSSR count). The Bertz CT molecular complexity index is 2060. The number of ether oxygens (including phenoxy) is 1. The van der Waals surface area contributed by atoms with Crippen LogP contribution in [-0.2, 0) is 6.61 Å². The highest BCUT2D eigenvalue weighted by atomic mass is 16.5. The van der Waals surface area contributed by atoms with Crippen LogP contribution in [0.3, 0.4) is 0 Å². The molecule has 3 heteroatoms. The van der Waals surface area contributed by atoms with Crippen LogP contribution in [0.5, 0.6) is 5.75 Å². The van der Waals surface area contributed by atoms with Crippen molar-refractivity contribution >= 4 is 44.4 Å². The first-order chi connectivity index (χ1) is 19.3. The van der Waals surface area contributed by atoms with Gasteiger partial charge in [0, 0.05) is 38.7 Å². The monoisotopic (exact) mass is 502 g/mol. The molecule has 0 radical (unpaired) electrons. The van der Waals surface area contributed by atoms with E-state index in [9.17, 15) is 0 Å². The maximum atomic E-state index is 6.50. The van der Waals surface area contributed by atoms with E-state index < -0.39 is 0 Å². The van der Waals surface area contributed by atoms with Crippen LogP contribution >= 0.6 is 0 Å². The zero-order chi connectivity index (χ0) is 25.9. The molecule has 186 valence electrons. The predicted molar refractivity (Wildman–Crippen MR) is 162 cm³/mol. The first-order valence-electron chi connectivity index (χ1n) is 13.4. The maximum Gasteiger partial charge on any atom is 0.127 e. The zero-order valence-electron chi connectivity index (χ0n) is 21.6. The van der Waals surface area contributed by atoms with Crippen molar-refractivity contribution in [3.05, 3.63) is 138 Å². The van der Waals surface area contributed by atoms with Crippen LogP contribution in [0.1, 0.15) is 23.7 Å². The fraction of sp³-hybridized carbons (Fsp3) is 0.0556. The van der Waals surface area contributed by atoms with Gasteiger partial charge in [0.25, 0.3) is 0 Å². The van der Waals surface area contributed by atoms with Crippen LogP contribution in [0, 0.1) is 0 Å². The molecule has 0 amide bonds. The summed E-state index contributed by atoms with van der Waals surface area (Å²) in [6, 6.07) is 43.1. The molecule has 0 fully saturated rings. The number of aromatic nitrogens is 2. The third-order valence-corrected chi connectivity index (χ3v) is 7.97. The molecule has 0 spiro atoms. The molecule has 39 heavy (non-hydrogen) atoms. The van der Waals surface area contributed by atoms with E-state index in [1.807, 2.05) is 6.07 Å². The predicted octanol–water partition coefficient (Wildman–Crippen LogP) is 9.18. The minimum absolute atomic E-state index is 0.509. The standard InChI is InChI=1S/C36H26N2O/c1-24-20-33-31(23-39-36-19-11-9-16-27(24)36)30-21-29-28-17-8-10-18-32(28)37(25-12-4-2-5-13-25)34(29)22-35(30)38(33)26-14-6-3-7-15-26/h2-22H,23H2,1H3/b24-20+. The van der Waals surface area contributed by atoms with E-state index in [-0.39, 0.29) is 0 Å². The number of para-hydroxylation sites is 4. The SMILES string of the molecule is C/C1=C\c2c(c3cc4c5ccccc5n(-c5ccccc5)c4cc3n2-c2ccccc2)COc2ccccc21. The van der Waals surface area contributed by atoms with Gasteiger partial charge in [0.15, 0.2) is 0 Å². The summed E-state index contributed by atoms with van der Waals surface area (Å²) in [7, 11) is 0. The van der Waals surface area contributed by atoms with E-state index in [1.165, 1.54) is 49.5 Å². The molecule has 1 aliphatic heterocycles. The molecule has 3 nitrogen and oxygen atoms in total. The fourth-order valence-electron chi connectivity index (χ4n) is 6.20. The Morgan fingerprint density at radius 2 is 1.21 bits per heavy atom. The Morgan fingerprint density at radius 3 is 2.00 bits per heavy atom. The molecule has 0 atom stereocenters. The van der Waals surface area contributed by atoms with E-state index in [2.05, 4.69) is 137 Å². The van der Waals surface area contributed by atoms with E-state index in [4.69, 9.17) is 4.74 Å². The minimum Gasteiger partial charge on any atom is -0.488 e. The molecule has 7 aromatic rings. The van der Waals surface area contributed by atoms with Crippen LogP contribution in [-0.4, -0.2) is 9.13 Å². The van der Waals surface area contributed by atoms with Gasteiger partial charge in [-0.2, -0.15) is 0 Å². The number of benzene rings is 5.